The van der Waals surface area contributed by atoms with Gasteiger partial charge in [-0.1, -0.05) is 48.4 Å². The third-order valence-electron chi connectivity index (χ3n) is 6.00. The van der Waals surface area contributed by atoms with Crippen LogP contribution >= 0.6 is 22.9 Å². The van der Waals surface area contributed by atoms with Gasteiger partial charge in [0.15, 0.2) is 5.13 Å². The van der Waals surface area contributed by atoms with Crippen LogP contribution in [0.4, 0.5) is 5.13 Å². The van der Waals surface area contributed by atoms with E-state index in [0.29, 0.717) is 17.6 Å². The molecule has 0 amide bonds. The fourth-order valence-corrected chi connectivity index (χ4v) is 5.42. The zero-order valence-electron chi connectivity index (χ0n) is 18.6. The molecule has 32 heavy (non-hydrogen) atoms. The topological polar surface area (TPSA) is 48.8 Å². The molecule has 2 heterocycles. The summed E-state index contributed by atoms with van der Waals surface area (Å²) < 4.78 is 6.96. The summed E-state index contributed by atoms with van der Waals surface area (Å²) in [4.78, 5) is 9.82. The number of aliphatic hydroxyl groups excluding tert-OH is 1. The Morgan fingerprint density at radius 2 is 1.94 bits per heavy atom. The first-order valence-electron chi connectivity index (χ1n) is 11.5. The molecule has 5 nitrogen and oxygen atoms in total. The Kier molecular flexibility index (Phi) is 8.25. The number of nitrogens with zero attached hydrogens (tertiary/aromatic N) is 3. The zero-order chi connectivity index (χ0) is 22.3. The van der Waals surface area contributed by atoms with Crippen molar-refractivity contribution in [1.82, 2.24) is 9.88 Å². The van der Waals surface area contributed by atoms with Crippen molar-refractivity contribution in [2.24, 2.45) is 0 Å². The van der Waals surface area contributed by atoms with Crippen molar-refractivity contribution in [3.8, 4) is 5.75 Å². The molecule has 1 N–H and O–H groups in total. The maximum absolute atomic E-state index is 10.5. The highest BCUT2D eigenvalue weighted by Gasteiger charge is 2.27. The van der Waals surface area contributed by atoms with Crippen molar-refractivity contribution in [1.29, 1.82) is 0 Å². The van der Waals surface area contributed by atoms with Gasteiger partial charge >= 0.3 is 0 Å². The number of fused-ring (bicyclic) bond motifs is 1. The minimum atomic E-state index is -0.511. The number of aliphatic hydroxyl groups is 1. The van der Waals surface area contributed by atoms with E-state index in [4.69, 9.17) is 21.3 Å². The number of β-amino-alcohol motifs (C(OH)–C–C–N with tert-alkyl or cyclic N) is 1. The second kappa shape index (κ2) is 11.3. The van der Waals surface area contributed by atoms with Gasteiger partial charge in [-0.15, -0.1) is 0 Å². The summed E-state index contributed by atoms with van der Waals surface area (Å²) in [7, 11) is 0. The Morgan fingerprint density at radius 3 is 2.66 bits per heavy atom. The summed E-state index contributed by atoms with van der Waals surface area (Å²) in [5.74, 6) is 0.731. The molecule has 4 rings (SSSR count). The molecule has 7 heteroatoms. The van der Waals surface area contributed by atoms with Crippen LogP contribution in [0.2, 0.25) is 5.02 Å². The number of likely N-dealkylation sites (tertiary alicyclic amines) is 1. The van der Waals surface area contributed by atoms with Crippen molar-refractivity contribution >= 4 is 38.3 Å². The van der Waals surface area contributed by atoms with Crippen LogP contribution in [0.5, 0.6) is 5.75 Å². The van der Waals surface area contributed by atoms with E-state index in [-0.39, 0.29) is 6.61 Å². The summed E-state index contributed by atoms with van der Waals surface area (Å²) in [5.41, 5.74) is 1.09. The number of piperidine rings is 1. The molecule has 1 fully saturated rings. The van der Waals surface area contributed by atoms with Gasteiger partial charge in [-0.3, -0.25) is 0 Å². The molecule has 0 saturated carbocycles. The highest BCUT2D eigenvalue weighted by atomic mass is 35.5. The number of hydrogen-bond donors (Lipinski definition) is 1. The minimum absolute atomic E-state index is 0.288. The number of benzene rings is 2. The number of unbranched alkanes of at least 4 members (excludes halogenated alkanes) is 1. The van der Waals surface area contributed by atoms with E-state index in [1.54, 1.807) is 23.5 Å². The number of rotatable bonds is 10. The molecule has 1 unspecified atom stereocenters. The average molecular weight is 474 g/mol. The molecule has 0 radical (unpaired) electrons. The normalized spacial score (nSPS) is 16.3. The molecule has 2 aromatic carbocycles. The van der Waals surface area contributed by atoms with E-state index in [9.17, 15) is 5.11 Å². The van der Waals surface area contributed by atoms with Crippen LogP contribution in [0.25, 0.3) is 10.2 Å². The van der Waals surface area contributed by atoms with Crippen molar-refractivity contribution < 1.29 is 9.84 Å². The predicted octanol–water partition coefficient (Wildman–Crippen LogP) is 5.46. The van der Waals surface area contributed by atoms with Gasteiger partial charge in [0.05, 0.1) is 10.2 Å². The largest absolute Gasteiger partial charge is 0.491 e. The molecular formula is C25H32ClN3O2S. The summed E-state index contributed by atoms with van der Waals surface area (Å²) in [6.07, 6.45) is 4.02. The summed E-state index contributed by atoms with van der Waals surface area (Å²) in [6.45, 7) is 6.18. The number of para-hydroxylation sites is 1. The molecule has 0 bridgehead atoms. The van der Waals surface area contributed by atoms with Crippen molar-refractivity contribution in [3.63, 3.8) is 0 Å². The third-order valence-corrected chi connectivity index (χ3v) is 7.33. The maximum atomic E-state index is 10.5. The fraction of sp³-hybridized carbons (Fsp3) is 0.480. The first kappa shape index (κ1) is 23.3. The second-order valence-corrected chi connectivity index (χ2v) is 9.91. The van der Waals surface area contributed by atoms with Gasteiger partial charge in [0.25, 0.3) is 0 Å². The van der Waals surface area contributed by atoms with Crippen molar-refractivity contribution in [2.75, 3.05) is 37.7 Å². The number of thiazole rings is 1. The molecule has 1 saturated heterocycles. The molecule has 1 aliphatic rings. The van der Waals surface area contributed by atoms with Crippen LogP contribution in [0.3, 0.4) is 0 Å². The Bertz CT molecular complexity index is 940. The van der Waals surface area contributed by atoms with E-state index >= 15 is 0 Å². The number of hydrogen-bond acceptors (Lipinski definition) is 6. The monoisotopic (exact) mass is 473 g/mol. The highest BCUT2D eigenvalue weighted by Crippen LogP contribution is 2.32. The number of halogens is 1. The van der Waals surface area contributed by atoms with Gasteiger partial charge < -0.3 is 19.6 Å². The standard InChI is InChI=1S/C25H32ClN3O2S/c1-2-3-14-29(25-27-23-6-4-5-7-24(23)32-25)20-12-15-28(16-13-20)17-21(30)18-31-22-10-8-19(26)9-11-22/h4-11,20-21,30H,2-3,12-18H2,1H3. The fourth-order valence-electron chi connectivity index (χ4n) is 4.23. The molecular weight excluding hydrogens is 442 g/mol. The number of anilines is 1. The van der Waals surface area contributed by atoms with E-state index in [1.165, 1.54) is 17.5 Å². The van der Waals surface area contributed by atoms with Gasteiger partial charge in [0.1, 0.15) is 18.5 Å². The lowest BCUT2D eigenvalue weighted by Crippen LogP contribution is -2.47. The zero-order valence-corrected chi connectivity index (χ0v) is 20.2. The lowest BCUT2D eigenvalue weighted by atomic mass is 10.0. The van der Waals surface area contributed by atoms with Crippen LogP contribution < -0.4 is 9.64 Å². The smallest absolute Gasteiger partial charge is 0.186 e. The lowest BCUT2D eigenvalue weighted by Gasteiger charge is -2.39. The Morgan fingerprint density at radius 1 is 1.19 bits per heavy atom. The predicted molar refractivity (Wildman–Crippen MR) is 134 cm³/mol. The quantitative estimate of drug-likeness (QED) is 0.423. The summed E-state index contributed by atoms with van der Waals surface area (Å²) >= 11 is 7.71. The van der Waals surface area contributed by atoms with Gasteiger partial charge in [0.2, 0.25) is 0 Å². The van der Waals surface area contributed by atoms with Crippen LogP contribution in [0.1, 0.15) is 32.6 Å². The molecule has 1 atom stereocenters. The molecule has 172 valence electrons. The summed E-state index contributed by atoms with van der Waals surface area (Å²) in [5, 5.41) is 12.3. The first-order valence-corrected chi connectivity index (χ1v) is 12.7. The summed E-state index contributed by atoms with van der Waals surface area (Å²) in [6, 6.07) is 16.1. The molecule has 0 aliphatic carbocycles. The second-order valence-electron chi connectivity index (χ2n) is 8.46. The number of ether oxygens (including phenoxy) is 1. The van der Waals surface area contributed by atoms with Crippen molar-refractivity contribution in [3.05, 3.63) is 53.6 Å². The van der Waals surface area contributed by atoms with Gasteiger partial charge in [-0.25, -0.2) is 4.98 Å². The van der Waals surface area contributed by atoms with E-state index in [2.05, 4.69) is 41.0 Å². The van der Waals surface area contributed by atoms with E-state index in [1.807, 2.05) is 12.1 Å². The minimum Gasteiger partial charge on any atom is -0.491 e. The first-order chi connectivity index (χ1) is 15.6. The molecule has 3 aromatic rings. The Labute approximate surface area is 199 Å². The maximum Gasteiger partial charge on any atom is 0.186 e. The molecule has 1 aromatic heterocycles. The third kappa shape index (κ3) is 6.13. The van der Waals surface area contributed by atoms with Crippen molar-refractivity contribution in [2.45, 2.75) is 44.8 Å². The Balaban J connectivity index is 1.29. The van der Waals surface area contributed by atoms with Gasteiger partial charge in [0, 0.05) is 37.2 Å². The SMILES string of the molecule is CCCCN(c1nc2ccccc2s1)C1CCN(CC(O)COc2ccc(Cl)cc2)CC1. The molecule has 0 spiro atoms. The van der Waals surface area contributed by atoms with Crippen LogP contribution in [0.15, 0.2) is 48.5 Å². The van der Waals surface area contributed by atoms with Crippen LogP contribution in [0, 0.1) is 0 Å². The van der Waals surface area contributed by atoms with E-state index < -0.39 is 6.10 Å². The average Bonchev–Trinajstić information content (AvgIpc) is 3.24. The van der Waals surface area contributed by atoms with E-state index in [0.717, 1.165) is 48.9 Å². The van der Waals surface area contributed by atoms with Gasteiger partial charge in [-0.2, -0.15) is 0 Å². The lowest BCUT2D eigenvalue weighted by molar-refractivity contribution is 0.0593. The Hall–Kier alpha value is -1.86. The number of aromatic nitrogens is 1. The van der Waals surface area contributed by atoms with Crippen LogP contribution in [-0.2, 0) is 0 Å². The molecule has 1 aliphatic heterocycles. The van der Waals surface area contributed by atoms with Gasteiger partial charge in [-0.05, 0) is 55.7 Å². The highest BCUT2D eigenvalue weighted by molar-refractivity contribution is 7.22. The van der Waals surface area contributed by atoms with Crippen LogP contribution in [-0.4, -0.2) is 59.9 Å².